The zero-order valence-electron chi connectivity index (χ0n) is 15.9. The highest BCUT2D eigenvalue weighted by Gasteiger charge is 2.18. The Balaban J connectivity index is 1.98. The molecular formula is C20H26N4O3. The molecule has 0 bridgehead atoms. The summed E-state index contributed by atoms with van der Waals surface area (Å²) in [7, 11) is 0. The van der Waals surface area contributed by atoms with Gasteiger partial charge in [-0.05, 0) is 18.4 Å². The zero-order valence-corrected chi connectivity index (χ0v) is 15.9. The van der Waals surface area contributed by atoms with Gasteiger partial charge in [0.05, 0.1) is 18.1 Å². The minimum absolute atomic E-state index is 0.0127. The van der Waals surface area contributed by atoms with Crippen LogP contribution in [0.15, 0.2) is 42.7 Å². The van der Waals surface area contributed by atoms with Gasteiger partial charge in [0.1, 0.15) is 5.82 Å². The van der Waals surface area contributed by atoms with Crippen molar-refractivity contribution in [3.05, 3.63) is 54.1 Å². The van der Waals surface area contributed by atoms with Gasteiger partial charge in [0.15, 0.2) is 0 Å². The molecule has 1 aromatic heterocycles. The minimum Gasteiger partial charge on any atom is -0.481 e. The lowest BCUT2D eigenvalue weighted by atomic mass is 9.96. The van der Waals surface area contributed by atoms with Crippen LogP contribution in [0, 0.1) is 0 Å². The highest BCUT2D eigenvalue weighted by molar-refractivity contribution is 5.89. The first kappa shape index (κ1) is 20.4. The van der Waals surface area contributed by atoms with E-state index >= 15 is 0 Å². The van der Waals surface area contributed by atoms with Gasteiger partial charge < -0.3 is 15.7 Å². The number of anilines is 1. The van der Waals surface area contributed by atoms with E-state index in [1.807, 2.05) is 51.1 Å². The highest BCUT2D eigenvalue weighted by atomic mass is 16.4. The maximum absolute atomic E-state index is 12.3. The average molecular weight is 370 g/mol. The maximum Gasteiger partial charge on any atom is 0.319 e. The number of rotatable bonds is 7. The lowest BCUT2D eigenvalue weighted by Crippen LogP contribution is -2.39. The van der Waals surface area contributed by atoms with Gasteiger partial charge in [0.2, 0.25) is 0 Å². The second-order valence-corrected chi connectivity index (χ2v) is 7.46. The molecule has 1 unspecified atom stereocenters. The smallest absolute Gasteiger partial charge is 0.319 e. The lowest BCUT2D eigenvalue weighted by Gasteiger charge is -2.19. The van der Waals surface area contributed by atoms with Crippen molar-refractivity contribution in [1.82, 2.24) is 15.3 Å². The van der Waals surface area contributed by atoms with E-state index in [-0.39, 0.29) is 17.9 Å². The van der Waals surface area contributed by atoms with Gasteiger partial charge in [0, 0.05) is 17.9 Å². The fourth-order valence-corrected chi connectivity index (χ4v) is 2.55. The second kappa shape index (κ2) is 9.12. The molecule has 2 amide bonds. The molecule has 0 radical (unpaired) electrons. The molecule has 0 aliphatic carbocycles. The molecule has 2 aromatic rings. The summed E-state index contributed by atoms with van der Waals surface area (Å²) in [4.78, 5) is 31.8. The monoisotopic (exact) mass is 370 g/mol. The number of benzene rings is 1. The predicted molar refractivity (Wildman–Crippen MR) is 104 cm³/mol. The topological polar surface area (TPSA) is 104 Å². The van der Waals surface area contributed by atoms with Crippen LogP contribution in [0.5, 0.6) is 0 Å². The zero-order chi connectivity index (χ0) is 19.9. The predicted octanol–water partition coefficient (Wildman–Crippen LogP) is 3.37. The van der Waals surface area contributed by atoms with Gasteiger partial charge in [0.25, 0.3) is 0 Å². The number of urea groups is 1. The van der Waals surface area contributed by atoms with Crippen molar-refractivity contribution in [3.8, 4) is 0 Å². The Morgan fingerprint density at radius 3 is 2.30 bits per heavy atom. The van der Waals surface area contributed by atoms with Crippen LogP contribution in [0.3, 0.4) is 0 Å². The van der Waals surface area contributed by atoms with Crippen LogP contribution in [0.25, 0.3) is 0 Å². The van der Waals surface area contributed by atoms with Crippen molar-refractivity contribution in [2.75, 3.05) is 5.32 Å². The number of carbonyl (C=O) groups is 2. The van der Waals surface area contributed by atoms with Crippen molar-refractivity contribution in [2.45, 2.75) is 51.5 Å². The Kier molecular flexibility index (Phi) is 6.87. The Labute approximate surface area is 159 Å². The van der Waals surface area contributed by atoms with Crippen molar-refractivity contribution >= 4 is 17.7 Å². The first-order valence-electron chi connectivity index (χ1n) is 8.90. The van der Waals surface area contributed by atoms with E-state index in [0.717, 1.165) is 5.56 Å². The highest BCUT2D eigenvalue weighted by Crippen LogP contribution is 2.18. The SMILES string of the molecule is CC(C)(C)c1ncc(NC(=O)NC(CCC(=O)O)Cc2ccccc2)cn1. The van der Waals surface area contributed by atoms with Gasteiger partial charge in [-0.3, -0.25) is 4.79 Å². The van der Waals surface area contributed by atoms with Gasteiger partial charge >= 0.3 is 12.0 Å². The second-order valence-electron chi connectivity index (χ2n) is 7.46. The van der Waals surface area contributed by atoms with Crippen LogP contribution in [0.4, 0.5) is 10.5 Å². The Bertz CT molecular complexity index is 755. The number of nitrogens with zero attached hydrogens (tertiary/aromatic N) is 2. The third kappa shape index (κ3) is 7.05. The van der Waals surface area contributed by atoms with Crippen molar-refractivity contribution in [3.63, 3.8) is 0 Å². The van der Waals surface area contributed by atoms with E-state index < -0.39 is 12.0 Å². The molecule has 0 aliphatic heterocycles. The number of hydrogen-bond acceptors (Lipinski definition) is 4. The summed E-state index contributed by atoms with van der Waals surface area (Å²) in [5, 5.41) is 14.5. The van der Waals surface area contributed by atoms with Gasteiger partial charge in [-0.25, -0.2) is 14.8 Å². The average Bonchev–Trinajstić information content (AvgIpc) is 2.60. The molecule has 0 saturated carbocycles. The van der Waals surface area contributed by atoms with E-state index in [1.165, 1.54) is 0 Å². The maximum atomic E-state index is 12.3. The van der Waals surface area contributed by atoms with Crippen molar-refractivity contribution in [1.29, 1.82) is 0 Å². The first-order chi connectivity index (χ1) is 12.7. The Morgan fingerprint density at radius 2 is 1.74 bits per heavy atom. The molecule has 1 heterocycles. The molecule has 27 heavy (non-hydrogen) atoms. The molecular weight excluding hydrogens is 344 g/mol. The summed E-state index contributed by atoms with van der Waals surface area (Å²) in [6.45, 7) is 6.04. The molecule has 7 nitrogen and oxygen atoms in total. The molecule has 1 aromatic carbocycles. The van der Waals surface area contributed by atoms with Crippen LogP contribution in [0.1, 0.15) is 45.0 Å². The molecule has 0 spiro atoms. The summed E-state index contributed by atoms with van der Waals surface area (Å²) in [6.07, 6.45) is 4.02. The summed E-state index contributed by atoms with van der Waals surface area (Å²) in [5.74, 6) is -0.196. The first-order valence-corrected chi connectivity index (χ1v) is 8.90. The molecule has 0 saturated heterocycles. The minimum atomic E-state index is -0.888. The van der Waals surface area contributed by atoms with E-state index in [0.29, 0.717) is 24.4 Å². The van der Waals surface area contributed by atoms with Crippen LogP contribution >= 0.6 is 0 Å². The van der Waals surface area contributed by atoms with E-state index in [9.17, 15) is 9.59 Å². The molecule has 1 atom stereocenters. The fourth-order valence-electron chi connectivity index (χ4n) is 2.55. The number of amides is 2. The quantitative estimate of drug-likeness (QED) is 0.693. The normalized spacial score (nSPS) is 12.3. The van der Waals surface area contributed by atoms with Gasteiger partial charge in [-0.2, -0.15) is 0 Å². The number of carboxylic acids is 1. The van der Waals surface area contributed by atoms with E-state index in [2.05, 4.69) is 20.6 Å². The van der Waals surface area contributed by atoms with Crippen LogP contribution < -0.4 is 10.6 Å². The number of aliphatic carboxylic acids is 1. The van der Waals surface area contributed by atoms with Crippen molar-refractivity contribution in [2.24, 2.45) is 0 Å². The van der Waals surface area contributed by atoms with Crippen LogP contribution in [0.2, 0.25) is 0 Å². The van der Waals surface area contributed by atoms with Gasteiger partial charge in [-0.1, -0.05) is 51.1 Å². The van der Waals surface area contributed by atoms with E-state index in [4.69, 9.17) is 5.11 Å². The molecule has 0 fully saturated rings. The lowest BCUT2D eigenvalue weighted by molar-refractivity contribution is -0.137. The number of carboxylic acid groups (broad SMARTS) is 1. The summed E-state index contributed by atoms with van der Waals surface area (Å²) < 4.78 is 0. The van der Waals surface area contributed by atoms with Crippen LogP contribution in [-0.2, 0) is 16.6 Å². The molecule has 0 aliphatic rings. The van der Waals surface area contributed by atoms with Crippen molar-refractivity contribution < 1.29 is 14.7 Å². The fraction of sp³-hybridized carbons (Fsp3) is 0.400. The third-order valence-corrected chi connectivity index (χ3v) is 3.95. The van der Waals surface area contributed by atoms with E-state index in [1.54, 1.807) is 12.4 Å². The Hall–Kier alpha value is -2.96. The summed E-state index contributed by atoms with van der Waals surface area (Å²) >= 11 is 0. The number of nitrogens with one attached hydrogen (secondary N) is 2. The third-order valence-electron chi connectivity index (χ3n) is 3.95. The van der Waals surface area contributed by atoms with Gasteiger partial charge in [-0.15, -0.1) is 0 Å². The number of aromatic nitrogens is 2. The molecule has 7 heteroatoms. The standard InChI is InChI=1S/C20H26N4O3/c1-20(2,3)18-21-12-16(13-22-18)24-19(27)23-15(9-10-17(25)26)11-14-7-5-4-6-8-14/h4-8,12-13,15H,9-11H2,1-3H3,(H,25,26)(H2,23,24,27). The number of hydrogen-bond donors (Lipinski definition) is 3. The molecule has 144 valence electrons. The Morgan fingerprint density at radius 1 is 1.11 bits per heavy atom. The van der Waals surface area contributed by atoms with Crippen LogP contribution in [-0.4, -0.2) is 33.1 Å². The summed E-state index contributed by atoms with van der Waals surface area (Å²) in [5.41, 5.74) is 1.35. The number of carbonyl (C=O) groups excluding carboxylic acids is 1. The molecule has 3 N–H and O–H groups in total. The largest absolute Gasteiger partial charge is 0.481 e. The molecule has 2 rings (SSSR count). The summed E-state index contributed by atoms with van der Waals surface area (Å²) in [6, 6.07) is 8.94.